The summed E-state index contributed by atoms with van der Waals surface area (Å²) in [6.07, 6.45) is 0. The van der Waals surface area contributed by atoms with Crippen LogP contribution in [0.15, 0.2) is 18.2 Å². The standard InChI is InChI=1S/C15H18N2O3/c1-9-7-12(5-6-13(9)20-4)8-17-11(3)16-10(2)14(17)15(18)19/h5-7H,8H2,1-4H3,(H,18,19). The van der Waals surface area contributed by atoms with Crippen molar-refractivity contribution in [1.82, 2.24) is 9.55 Å². The Morgan fingerprint density at radius 3 is 2.60 bits per heavy atom. The maximum absolute atomic E-state index is 11.3. The Hall–Kier alpha value is -2.30. The van der Waals surface area contributed by atoms with Crippen LogP contribution in [0.5, 0.6) is 5.75 Å². The molecule has 0 unspecified atom stereocenters. The SMILES string of the molecule is COc1ccc(Cn2c(C)nc(C)c2C(=O)O)cc1C. The number of aryl methyl sites for hydroxylation is 3. The van der Waals surface area contributed by atoms with E-state index in [1.54, 1.807) is 18.6 Å². The first-order valence-electron chi connectivity index (χ1n) is 6.34. The van der Waals surface area contributed by atoms with Gasteiger partial charge in [-0.15, -0.1) is 0 Å². The molecular weight excluding hydrogens is 256 g/mol. The first kappa shape index (κ1) is 14.1. The first-order valence-corrected chi connectivity index (χ1v) is 6.34. The summed E-state index contributed by atoms with van der Waals surface area (Å²) in [5, 5.41) is 9.29. The second-order valence-corrected chi connectivity index (χ2v) is 4.79. The summed E-state index contributed by atoms with van der Waals surface area (Å²) >= 11 is 0. The molecule has 1 aromatic carbocycles. The van der Waals surface area contributed by atoms with Crippen molar-refractivity contribution in [2.24, 2.45) is 0 Å². The maximum atomic E-state index is 11.3. The third kappa shape index (κ3) is 2.52. The normalized spacial score (nSPS) is 10.6. The van der Waals surface area contributed by atoms with Crippen molar-refractivity contribution < 1.29 is 14.6 Å². The van der Waals surface area contributed by atoms with Crippen LogP contribution in [-0.4, -0.2) is 27.7 Å². The van der Waals surface area contributed by atoms with Crippen molar-refractivity contribution in [3.05, 3.63) is 46.5 Å². The van der Waals surface area contributed by atoms with E-state index < -0.39 is 5.97 Å². The molecule has 0 spiro atoms. The van der Waals surface area contributed by atoms with Crippen LogP contribution in [0.25, 0.3) is 0 Å². The molecule has 0 saturated heterocycles. The van der Waals surface area contributed by atoms with Gasteiger partial charge >= 0.3 is 5.97 Å². The Morgan fingerprint density at radius 1 is 1.35 bits per heavy atom. The van der Waals surface area contributed by atoms with Crippen LogP contribution in [0.2, 0.25) is 0 Å². The fourth-order valence-corrected chi connectivity index (χ4v) is 2.40. The number of rotatable bonds is 4. The van der Waals surface area contributed by atoms with Crippen molar-refractivity contribution in [2.45, 2.75) is 27.3 Å². The Morgan fingerprint density at radius 2 is 2.05 bits per heavy atom. The average Bonchev–Trinajstić information content (AvgIpc) is 2.64. The smallest absolute Gasteiger partial charge is 0.354 e. The highest BCUT2D eigenvalue weighted by Crippen LogP contribution is 2.20. The van der Waals surface area contributed by atoms with E-state index in [1.165, 1.54) is 0 Å². The molecule has 0 amide bonds. The summed E-state index contributed by atoms with van der Waals surface area (Å²) in [6.45, 7) is 5.98. The van der Waals surface area contributed by atoms with Crippen molar-refractivity contribution in [1.29, 1.82) is 0 Å². The highest BCUT2D eigenvalue weighted by Gasteiger charge is 2.18. The van der Waals surface area contributed by atoms with E-state index in [9.17, 15) is 9.90 Å². The summed E-state index contributed by atoms with van der Waals surface area (Å²) in [5.41, 5.74) is 2.83. The van der Waals surface area contributed by atoms with Crippen LogP contribution < -0.4 is 4.74 Å². The van der Waals surface area contributed by atoms with Gasteiger partial charge in [0.25, 0.3) is 0 Å². The van der Waals surface area contributed by atoms with Gasteiger partial charge < -0.3 is 14.4 Å². The molecule has 0 fully saturated rings. The molecule has 1 N–H and O–H groups in total. The van der Waals surface area contributed by atoms with Crippen molar-refractivity contribution in [3.8, 4) is 5.75 Å². The van der Waals surface area contributed by atoms with Gasteiger partial charge in [-0.1, -0.05) is 12.1 Å². The van der Waals surface area contributed by atoms with E-state index in [-0.39, 0.29) is 5.69 Å². The van der Waals surface area contributed by atoms with Crippen molar-refractivity contribution in [3.63, 3.8) is 0 Å². The molecular formula is C15H18N2O3. The third-order valence-electron chi connectivity index (χ3n) is 3.34. The van der Waals surface area contributed by atoms with Crippen LogP contribution in [0.4, 0.5) is 0 Å². The van der Waals surface area contributed by atoms with E-state index >= 15 is 0 Å². The molecule has 0 radical (unpaired) electrons. The Bertz CT molecular complexity index is 659. The molecule has 106 valence electrons. The predicted octanol–water partition coefficient (Wildman–Crippen LogP) is 2.56. The summed E-state index contributed by atoms with van der Waals surface area (Å²) < 4.78 is 6.95. The van der Waals surface area contributed by atoms with Crippen molar-refractivity contribution in [2.75, 3.05) is 7.11 Å². The van der Waals surface area contributed by atoms with E-state index in [2.05, 4.69) is 4.98 Å². The number of carbonyl (C=O) groups is 1. The summed E-state index contributed by atoms with van der Waals surface area (Å²) in [7, 11) is 1.63. The molecule has 1 heterocycles. The molecule has 5 nitrogen and oxygen atoms in total. The van der Waals surface area contributed by atoms with E-state index in [0.717, 1.165) is 16.9 Å². The zero-order valence-electron chi connectivity index (χ0n) is 12.1. The van der Waals surface area contributed by atoms with Crippen molar-refractivity contribution >= 4 is 5.97 Å². The lowest BCUT2D eigenvalue weighted by molar-refractivity contribution is 0.0684. The second kappa shape index (κ2) is 5.36. The number of carboxylic acids is 1. The summed E-state index contributed by atoms with van der Waals surface area (Å²) in [6, 6.07) is 5.83. The van der Waals surface area contributed by atoms with Gasteiger partial charge in [-0.05, 0) is 38.0 Å². The number of hydrogen-bond donors (Lipinski definition) is 1. The highest BCUT2D eigenvalue weighted by atomic mass is 16.5. The van der Waals surface area contributed by atoms with Gasteiger partial charge in [-0.3, -0.25) is 0 Å². The molecule has 1 aromatic heterocycles. The molecule has 0 aliphatic carbocycles. The number of aromatic nitrogens is 2. The number of benzene rings is 1. The van der Waals surface area contributed by atoms with Crippen LogP contribution in [0.1, 0.15) is 33.1 Å². The molecule has 20 heavy (non-hydrogen) atoms. The number of ether oxygens (including phenoxy) is 1. The third-order valence-corrected chi connectivity index (χ3v) is 3.34. The van der Waals surface area contributed by atoms with Gasteiger partial charge in [0.15, 0.2) is 5.69 Å². The summed E-state index contributed by atoms with van der Waals surface area (Å²) in [5.74, 6) is 0.576. The number of imidazole rings is 1. The Labute approximate surface area is 117 Å². The topological polar surface area (TPSA) is 64.4 Å². The largest absolute Gasteiger partial charge is 0.496 e. The number of methoxy groups -OCH3 is 1. The lowest BCUT2D eigenvalue weighted by Gasteiger charge is -2.11. The number of nitrogens with zero attached hydrogens (tertiary/aromatic N) is 2. The molecule has 0 aliphatic rings. The fraction of sp³-hybridized carbons (Fsp3) is 0.333. The minimum atomic E-state index is -0.951. The van der Waals surface area contributed by atoms with Crippen LogP contribution in [-0.2, 0) is 6.54 Å². The zero-order chi connectivity index (χ0) is 14.9. The number of carboxylic acid groups (broad SMARTS) is 1. The minimum Gasteiger partial charge on any atom is -0.496 e. The van der Waals surface area contributed by atoms with E-state index in [0.29, 0.717) is 18.1 Å². The zero-order valence-corrected chi connectivity index (χ0v) is 12.1. The van der Waals surface area contributed by atoms with Gasteiger partial charge in [-0.25, -0.2) is 9.78 Å². The van der Waals surface area contributed by atoms with E-state index in [4.69, 9.17) is 4.74 Å². The van der Waals surface area contributed by atoms with Gasteiger partial charge in [-0.2, -0.15) is 0 Å². The Kier molecular flexibility index (Phi) is 3.79. The van der Waals surface area contributed by atoms with Gasteiger partial charge in [0.2, 0.25) is 0 Å². The molecule has 0 bridgehead atoms. The second-order valence-electron chi connectivity index (χ2n) is 4.79. The monoisotopic (exact) mass is 274 g/mol. The molecule has 0 saturated carbocycles. The molecule has 5 heteroatoms. The predicted molar refractivity (Wildman–Crippen MR) is 75.5 cm³/mol. The van der Waals surface area contributed by atoms with Gasteiger partial charge in [0.05, 0.1) is 12.8 Å². The quantitative estimate of drug-likeness (QED) is 0.930. The summed E-state index contributed by atoms with van der Waals surface area (Å²) in [4.78, 5) is 15.6. The molecule has 0 aliphatic heterocycles. The lowest BCUT2D eigenvalue weighted by atomic mass is 10.1. The maximum Gasteiger partial charge on any atom is 0.354 e. The first-order chi connectivity index (χ1) is 9.43. The molecule has 2 rings (SSSR count). The number of hydrogen-bond acceptors (Lipinski definition) is 3. The average molecular weight is 274 g/mol. The molecule has 2 aromatic rings. The van der Waals surface area contributed by atoms with E-state index in [1.807, 2.05) is 32.0 Å². The van der Waals surface area contributed by atoms with Crippen LogP contribution in [0.3, 0.4) is 0 Å². The Balaban J connectivity index is 2.40. The molecule has 0 atom stereocenters. The minimum absolute atomic E-state index is 0.246. The highest BCUT2D eigenvalue weighted by molar-refractivity contribution is 5.87. The van der Waals surface area contributed by atoms with Gasteiger partial charge in [0, 0.05) is 6.54 Å². The van der Waals surface area contributed by atoms with Crippen LogP contribution in [0, 0.1) is 20.8 Å². The number of aromatic carboxylic acids is 1. The van der Waals surface area contributed by atoms with Gasteiger partial charge in [0.1, 0.15) is 11.6 Å². The van der Waals surface area contributed by atoms with Crippen LogP contribution >= 0.6 is 0 Å². The fourth-order valence-electron chi connectivity index (χ4n) is 2.40. The lowest BCUT2D eigenvalue weighted by Crippen LogP contribution is -2.12.